The highest BCUT2D eigenvalue weighted by atomic mass is 16.3. The van der Waals surface area contributed by atoms with Gasteiger partial charge in [-0.1, -0.05) is 6.07 Å². The van der Waals surface area contributed by atoms with Crippen LogP contribution in [0.3, 0.4) is 0 Å². The van der Waals surface area contributed by atoms with Crippen LogP contribution in [0.4, 0.5) is 17.8 Å². The highest BCUT2D eigenvalue weighted by Crippen LogP contribution is 2.25. The lowest BCUT2D eigenvalue weighted by molar-refractivity contribution is 0.403. The molecule has 8 nitrogen and oxygen atoms in total. The van der Waals surface area contributed by atoms with Crippen LogP contribution in [0, 0.1) is 0 Å². The number of aromatic nitrogens is 3. The molecular formula is C12H16N6O2. The number of nitrogen functional groups attached to an aromatic ring is 2. The molecule has 0 aliphatic heterocycles. The van der Waals surface area contributed by atoms with Crippen LogP contribution in [-0.2, 0) is 6.42 Å². The molecule has 0 amide bonds. The third kappa shape index (κ3) is 3.16. The minimum Gasteiger partial charge on any atom is -0.504 e. The Hall–Kier alpha value is -2.77. The average molecular weight is 276 g/mol. The number of nitrogens with two attached hydrogens (primary N) is 2. The topological polar surface area (TPSA) is 134 Å². The van der Waals surface area contributed by atoms with Gasteiger partial charge in [-0.3, -0.25) is 0 Å². The van der Waals surface area contributed by atoms with Crippen molar-refractivity contribution >= 4 is 17.8 Å². The van der Waals surface area contributed by atoms with Crippen LogP contribution in [0.15, 0.2) is 18.2 Å². The Balaban J connectivity index is 2.04. The zero-order chi connectivity index (χ0) is 14.7. The summed E-state index contributed by atoms with van der Waals surface area (Å²) < 4.78 is 0. The van der Waals surface area contributed by atoms with E-state index in [4.69, 9.17) is 11.5 Å². The number of likely N-dealkylation sites (N-methyl/N-ethyl adjacent to an activating group) is 1. The van der Waals surface area contributed by atoms with Crippen LogP contribution >= 0.6 is 0 Å². The van der Waals surface area contributed by atoms with Gasteiger partial charge in [-0.25, -0.2) is 0 Å². The van der Waals surface area contributed by atoms with E-state index in [-0.39, 0.29) is 23.4 Å². The molecule has 0 saturated heterocycles. The van der Waals surface area contributed by atoms with E-state index in [1.165, 1.54) is 12.1 Å². The van der Waals surface area contributed by atoms with Gasteiger partial charge in [-0.15, -0.1) is 0 Å². The summed E-state index contributed by atoms with van der Waals surface area (Å²) in [7, 11) is 1.80. The monoisotopic (exact) mass is 276 g/mol. The van der Waals surface area contributed by atoms with Crippen LogP contribution in [0.5, 0.6) is 11.5 Å². The second kappa shape index (κ2) is 5.47. The molecule has 1 aromatic heterocycles. The van der Waals surface area contributed by atoms with E-state index in [1.807, 2.05) is 0 Å². The molecule has 0 radical (unpaired) electrons. The Morgan fingerprint density at radius 1 is 1.05 bits per heavy atom. The lowest BCUT2D eigenvalue weighted by Gasteiger charge is -2.17. The fraction of sp³-hybridized carbons (Fsp3) is 0.250. The van der Waals surface area contributed by atoms with Crippen molar-refractivity contribution in [3.05, 3.63) is 23.8 Å². The molecule has 0 unspecified atom stereocenters. The largest absolute Gasteiger partial charge is 0.504 e. The van der Waals surface area contributed by atoms with Gasteiger partial charge in [0.05, 0.1) is 0 Å². The Bertz CT molecular complexity index is 599. The smallest absolute Gasteiger partial charge is 0.231 e. The molecule has 0 aliphatic carbocycles. The summed E-state index contributed by atoms with van der Waals surface area (Å²) >= 11 is 0. The maximum atomic E-state index is 9.43. The quantitative estimate of drug-likeness (QED) is 0.579. The highest BCUT2D eigenvalue weighted by Gasteiger charge is 2.08. The normalized spacial score (nSPS) is 10.4. The number of aromatic hydroxyl groups is 2. The second-order valence-corrected chi connectivity index (χ2v) is 4.35. The maximum Gasteiger partial charge on any atom is 0.231 e. The number of phenols is 2. The van der Waals surface area contributed by atoms with Crippen LogP contribution in [0.25, 0.3) is 0 Å². The first-order valence-corrected chi connectivity index (χ1v) is 5.94. The van der Waals surface area contributed by atoms with Gasteiger partial charge in [0.15, 0.2) is 11.5 Å². The Morgan fingerprint density at radius 2 is 1.70 bits per heavy atom. The van der Waals surface area contributed by atoms with Gasteiger partial charge in [0.1, 0.15) is 0 Å². The van der Waals surface area contributed by atoms with Gasteiger partial charge < -0.3 is 26.6 Å². The minimum absolute atomic E-state index is 0.0710. The number of anilines is 3. The molecular weight excluding hydrogens is 260 g/mol. The van der Waals surface area contributed by atoms with Crippen molar-refractivity contribution in [1.29, 1.82) is 0 Å². The van der Waals surface area contributed by atoms with E-state index in [0.29, 0.717) is 18.9 Å². The van der Waals surface area contributed by atoms with E-state index in [9.17, 15) is 10.2 Å². The third-order valence-electron chi connectivity index (χ3n) is 2.78. The van der Waals surface area contributed by atoms with Crippen molar-refractivity contribution in [1.82, 2.24) is 15.0 Å². The van der Waals surface area contributed by atoms with E-state index in [0.717, 1.165) is 5.56 Å². The number of benzene rings is 1. The standard InChI is InChI=1S/C12H16N6O2/c1-18(12-16-10(13)15-11(14)17-12)5-4-7-2-3-8(19)9(20)6-7/h2-3,6,19-20H,4-5H2,1H3,(H4,13,14,15,16,17). The van der Waals surface area contributed by atoms with E-state index < -0.39 is 0 Å². The minimum atomic E-state index is -0.140. The van der Waals surface area contributed by atoms with Gasteiger partial charge in [-0.2, -0.15) is 15.0 Å². The molecule has 2 aromatic rings. The first-order valence-electron chi connectivity index (χ1n) is 5.94. The van der Waals surface area contributed by atoms with Gasteiger partial charge in [0.25, 0.3) is 0 Å². The lowest BCUT2D eigenvalue weighted by atomic mass is 10.1. The van der Waals surface area contributed by atoms with Crippen LogP contribution < -0.4 is 16.4 Å². The first-order chi connectivity index (χ1) is 9.45. The summed E-state index contributed by atoms with van der Waals surface area (Å²) in [5.74, 6) is 0.250. The van der Waals surface area contributed by atoms with Crippen molar-refractivity contribution in [2.45, 2.75) is 6.42 Å². The average Bonchev–Trinajstić information content (AvgIpc) is 2.38. The van der Waals surface area contributed by atoms with Crippen LogP contribution in [0.2, 0.25) is 0 Å². The van der Waals surface area contributed by atoms with E-state index in [2.05, 4.69) is 15.0 Å². The molecule has 0 spiro atoms. The molecule has 20 heavy (non-hydrogen) atoms. The lowest BCUT2D eigenvalue weighted by Crippen LogP contribution is -2.23. The van der Waals surface area contributed by atoms with Gasteiger partial charge in [0, 0.05) is 13.6 Å². The summed E-state index contributed by atoms with van der Waals surface area (Å²) in [4.78, 5) is 13.5. The highest BCUT2D eigenvalue weighted by molar-refractivity contribution is 5.42. The summed E-state index contributed by atoms with van der Waals surface area (Å²) in [6.45, 7) is 0.590. The molecule has 0 atom stereocenters. The van der Waals surface area contributed by atoms with E-state index in [1.54, 1.807) is 18.0 Å². The Kier molecular flexibility index (Phi) is 3.74. The van der Waals surface area contributed by atoms with Crippen LogP contribution in [0.1, 0.15) is 5.56 Å². The first kappa shape index (κ1) is 13.7. The van der Waals surface area contributed by atoms with Gasteiger partial charge in [-0.05, 0) is 24.1 Å². The second-order valence-electron chi connectivity index (χ2n) is 4.35. The summed E-state index contributed by atoms with van der Waals surface area (Å²) in [5, 5.41) is 18.7. The molecule has 2 rings (SSSR count). The number of rotatable bonds is 4. The number of nitrogens with zero attached hydrogens (tertiary/aromatic N) is 4. The van der Waals surface area contributed by atoms with Crippen LogP contribution in [-0.4, -0.2) is 38.8 Å². The molecule has 0 saturated carbocycles. The van der Waals surface area contributed by atoms with Crippen molar-refractivity contribution in [3.8, 4) is 11.5 Å². The third-order valence-corrected chi connectivity index (χ3v) is 2.78. The molecule has 6 N–H and O–H groups in total. The van der Waals surface area contributed by atoms with E-state index >= 15 is 0 Å². The number of phenolic OH excluding ortho intramolecular Hbond substituents is 2. The molecule has 1 heterocycles. The summed E-state index contributed by atoms with van der Waals surface area (Å²) in [5.41, 5.74) is 11.9. The van der Waals surface area contributed by atoms with Gasteiger partial charge in [0.2, 0.25) is 17.8 Å². The van der Waals surface area contributed by atoms with Crippen molar-refractivity contribution in [3.63, 3.8) is 0 Å². The SMILES string of the molecule is CN(CCc1ccc(O)c(O)c1)c1nc(N)nc(N)n1. The van der Waals surface area contributed by atoms with Crippen molar-refractivity contribution < 1.29 is 10.2 Å². The summed E-state index contributed by atoms with van der Waals surface area (Å²) in [6.07, 6.45) is 0.635. The zero-order valence-corrected chi connectivity index (χ0v) is 11.0. The summed E-state index contributed by atoms with van der Waals surface area (Å²) in [6, 6.07) is 4.70. The molecule has 8 heteroatoms. The van der Waals surface area contributed by atoms with Gasteiger partial charge >= 0.3 is 0 Å². The Morgan fingerprint density at radius 3 is 2.30 bits per heavy atom. The maximum absolute atomic E-state index is 9.43. The Labute approximate surface area is 115 Å². The fourth-order valence-electron chi connectivity index (χ4n) is 1.69. The number of hydrogen-bond donors (Lipinski definition) is 4. The predicted octanol–water partition coefficient (Wildman–Crippen LogP) is 0.126. The molecule has 0 fully saturated rings. The van der Waals surface area contributed by atoms with Crippen molar-refractivity contribution in [2.24, 2.45) is 0 Å². The molecule has 0 aliphatic rings. The van der Waals surface area contributed by atoms with Crippen molar-refractivity contribution in [2.75, 3.05) is 30.0 Å². The zero-order valence-electron chi connectivity index (χ0n) is 11.0. The number of hydrogen-bond acceptors (Lipinski definition) is 8. The molecule has 106 valence electrons. The molecule has 1 aromatic carbocycles. The fourth-order valence-corrected chi connectivity index (χ4v) is 1.69. The molecule has 0 bridgehead atoms. The predicted molar refractivity (Wildman–Crippen MR) is 75.4 cm³/mol.